The molecule has 6 heteroatoms. The predicted octanol–water partition coefficient (Wildman–Crippen LogP) is 3.83. The Balaban J connectivity index is 1.33. The third-order valence-electron chi connectivity index (χ3n) is 5.86. The van der Waals surface area contributed by atoms with Crippen molar-refractivity contribution in [3.63, 3.8) is 0 Å². The lowest BCUT2D eigenvalue weighted by atomic mass is 10.0. The Bertz CT molecular complexity index is 1070. The average molecular weight is 404 g/mol. The molecule has 0 bridgehead atoms. The van der Waals surface area contributed by atoms with E-state index < -0.39 is 0 Å². The van der Waals surface area contributed by atoms with Crippen LogP contribution >= 0.6 is 0 Å². The highest BCUT2D eigenvalue weighted by molar-refractivity contribution is 5.56. The van der Waals surface area contributed by atoms with Gasteiger partial charge in [-0.05, 0) is 51.3 Å². The van der Waals surface area contributed by atoms with Crippen LogP contribution in [0, 0.1) is 20.8 Å². The van der Waals surface area contributed by atoms with Crippen LogP contribution in [-0.2, 0) is 6.54 Å². The van der Waals surface area contributed by atoms with E-state index in [2.05, 4.69) is 56.4 Å². The summed E-state index contributed by atoms with van der Waals surface area (Å²) in [5.74, 6) is 1.42. The van der Waals surface area contributed by atoms with Gasteiger partial charge in [-0.15, -0.1) is 0 Å². The summed E-state index contributed by atoms with van der Waals surface area (Å²) in [7, 11) is 0. The minimum atomic E-state index is -0.0999. The van der Waals surface area contributed by atoms with Crippen LogP contribution in [0.4, 0.5) is 5.82 Å². The molecule has 0 unspecified atom stereocenters. The van der Waals surface area contributed by atoms with Crippen LogP contribution in [0.3, 0.4) is 0 Å². The molecule has 4 rings (SSSR count). The summed E-state index contributed by atoms with van der Waals surface area (Å²) in [4.78, 5) is 26.4. The molecule has 2 aromatic heterocycles. The number of piperidine rings is 1. The van der Waals surface area contributed by atoms with E-state index in [0.29, 0.717) is 17.4 Å². The van der Waals surface area contributed by atoms with Crippen LogP contribution in [0.5, 0.6) is 0 Å². The molecule has 0 atom stereocenters. The molecule has 0 saturated carbocycles. The van der Waals surface area contributed by atoms with E-state index in [-0.39, 0.29) is 5.56 Å². The van der Waals surface area contributed by atoms with Gasteiger partial charge in [-0.1, -0.05) is 29.8 Å². The molecule has 0 aliphatic carbocycles. The summed E-state index contributed by atoms with van der Waals surface area (Å²) in [5, 5.41) is 3.55. The first-order valence-corrected chi connectivity index (χ1v) is 10.6. The van der Waals surface area contributed by atoms with Crippen LogP contribution < -0.4 is 10.9 Å². The molecule has 0 radical (unpaired) electrons. The standard InChI is InChI=1S/C24H29N5O/c1-16-5-4-6-19(13-16)15-29-11-9-21(10-12-29)27-22-8-7-20(14-25-22)23-26-18(3)17(2)24(30)28-23/h4-8,13-14,21H,9-12,15H2,1-3H3,(H,25,27)(H,26,28,30). The van der Waals surface area contributed by atoms with Gasteiger partial charge in [-0.2, -0.15) is 0 Å². The molecule has 1 saturated heterocycles. The van der Waals surface area contributed by atoms with Crippen molar-refractivity contribution < 1.29 is 0 Å². The van der Waals surface area contributed by atoms with Gasteiger partial charge in [0, 0.05) is 48.7 Å². The summed E-state index contributed by atoms with van der Waals surface area (Å²) < 4.78 is 0. The van der Waals surface area contributed by atoms with E-state index in [1.54, 1.807) is 13.1 Å². The van der Waals surface area contributed by atoms with Crippen molar-refractivity contribution in [3.05, 3.63) is 75.3 Å². The van der Waals surface area contributed by atoms with Crippen molar-refractivity contribution in [1.29, 1.82) is 0 Å². The van der Waals surface area contributed by atoms with Gasteiger partial charge >= 0.3 is 0 Å². The first kappa shape index (κ1) is 20.3. The molecule has 6 nitrogen and oxygen atoms in total. The minimum absolute atomic E-state index is 0.0999. The molecule has 2 N–H and O–H groups in total. The quantitative estimate of drug-likeness (QED) is 0.677. The highest BCUT2D eigenvalue weighted by Crippen LogP contribution is 2.20. The molecular weight excluding hydrogens is 374 g/mol. The van der Waals surface area contributed by atoms with Crippen LogP contribution in [0.15, 0.2) is 47.4 Å². The summed E-state index contributed by atoms with van der Waals surface area (Å²) in [6.07, 6.45) is 3.96. The van der Waals surface area contributed by atoms with E-state index in [1.165, 1.54) is 11.1 Å². The number of nitrogens with zero attached hydrogens (tertiary/aromatic N) is 3. The molecule has 1 aliphatic heterocycles. The number of hydrogen-bond acceptors (Lipinski definition) is 5. The molecule has 1 aromatic carbocycles. The molecule has 156 valence electrons. The zero-order valence-corrected chi connectivity index (χ0v) is 17.9. The van der Waals surface area contributed by atoms with Gasteiger partial charge in [-0.25, -0.2) is 9.97 Å². The zero-order valence-electron chi connectivity index (χ0n) is 17.9. The second-order valence-electron chi connectivity index (χ2n) is 8.24. The maximum atomic E-state index is 12.0. The first-order valence-electron chi connectivity index (χ1n) is 10.6. The number of aromatic amines is 1. The second-order valence-corrected chi connectivity index (χ2v) is 8.24. The topological polar surface area (TPSA) is 73.9 Å². The van der Waals surface area contributed by atoms with E-state index in [9.17, 15) is 4.79 Å². The van der Waals surface area contributed by atoms with Gasteiger partial charge in [0.2, 0.25) is 0 Å². The number of H-pyrrole nitrogens is 1. The number of pyridine rings is 1. The molecule has 30 heavy (non-hydrogen) atoms. The van der Waals surface area contributed by atoms with Gasteiger partial charge in [0.05, 0.1) is 0 Å². The highest BCUT2D eigenvalue weighted by atomic mass is 16.1. The van der Waals surface area contributed by atoms with Crippen molar-refractivity contribution >= 4 is 5.82 Å². The SMILES string of the molecule is Cc1cccc(CN2CCC(Nc3ccc(-c4nc(C)c(C)c(=O)[nH]4)cn3)CC2)c1. The highest BCUT2D eigenvalue weighted by Gasteiger charge is 2.19. The van der Waals surface area contributed by atoms with Gasteiger partial charge in [0.25, 0.3) is 5.56 Å². The number of benzene rings is 1. The summed E-state index contributed by atoms with van der Waals surface area (Å²) >= 11 is 0. The molecule has 1 aliphatic rings. The third-order valence-corrected chi connectivity index (χ3v) is 5.86. The largest absolute Gasteiger partial charge is 0.367 e. The van der Waals surface area contributed by atoms with Gasteiger partial charge in [-0.3, -0.25) is 9.69 Å². The molecule has 1 fully saturated rings. The lowest BCUT2D eigenvalue weighted by Crippen LogP contribution is -2.38. The Morgan fingerprint density at radius 3 is 2.60 bits per heavy atom. The van der Waals surface area contributed by atoms with Crippen molar-refractivity contribution in [2.45, 2.75) is 46.2 Å². The second kappa shape index (κ2) is 8.79. The lowest BCUT2D eigenvalue weighted by molar-refractivity contribution is 0.211. The Hall–Kier alpha value is -2.99. The van der Waals surface area contributed by atoms with Gasteiger partial charge < -0.3 is 10.3 Å². The number of aromatic nitrogens is 3. The maximum Gasteiger partial charge on any atom is 0.254 e. The molecule has 3 heterocycles. The Labute approximate surface area is 177 Å². The maximum absolute atomic E-state index is 12.0. The van der Waals surface area contributed by atoms with E-state index >= 15 is 0 Å². The van der Waals surface area contributed by atoms with Crippen molar-refractivity contribution in [2.75, 3.05) is 18.4 Å². The Morgan fingerprint density at radius 1 is 1.13 bits per heavy atom. The number of anilines is 1. The molecular formula is C24H29N5O. The Kier molecular flexibility index (Phi) is 5.95. The number of aryl methyl sites for hydroxylation is 2. The molecule has 0 amide bonds. The fourth-order valence-corrected chi connectivity index (χ4v) is 3.91. The van der Waals surface area contributed by atoms with Gasteiger partial charge in [0.15, 0.2) is 0 Å². The Morgan fingerprint density at radius 2 is 1.93 bits per heavy atom. The normalized spacial score (nSPS) is 15.3. The monoisotopic (exact) mass is 403 g/mol. The van der Waals surface area contributed by atoms with Crippen molar-refractivity contribution in [3.8, 4) is 11.4 Å². The van der Waals surface area contributed by atoms with Crippen LogP contribution in [0.1, 0.15) is 35.2 Å². The third kappa shape index (κ3) is 4.76. The number of nitrogens with one attached hydrogen (secondary N) is 2. The number of rotatable bonds is 5. The van der Waals surface area contributed by atoms with Crippen LogP contribution in [-0.4, -0.2) is 39.0 Å². The summed E-state index contributed by atoms with van der Waals surface area (Å²) in [6, 6.07) is 13.1. The molecule has 0 spiro atoms. The molecule has 3 aromatic rings. The lowest BCUT2D eigenvalue weighted by Gasteiger charge is -2.32. The van der Waals surface area contributed by atoms with Crippen molar-refractivity contribution in [2.24, 2.45) is 0 Å². The number of hydrogen-bond donors (Lipinski definition) is 2. The van der Waals surface area contributed by atoms with E-state index in [1.807, 2.05) is 19.1 Å². The van der Waals surface area contributed by atoms with Crippen LogP contribution in [0.25, 0.3) is 11.4 Å². The summed E-state index contributed by atoms with van der Waals surface area (Å²) in [5.41, 5.74) is 4.81. The first-order chi connectivity index (χ1) is 14.5. The van der Waals surface area contributed by atoms with Gasteiger partial charge in [0.1, 0.15) is 11.6 Å². The van der Waals surface area contributed by atoms with E-state index in [4.69, 9.17) is 0 Å². The fourth-order valence-electron chi connectivity index (χ4n) is 3.91. The fraction of sp³-hybridized carbons (Fsp3) is 0.375. The van der Waals surface area contributed by atoms with Crippen molar-refractivity contribution in [1.82, 2.24) is 19.9 Å². The average Bonchev–Trinajstić information content (AvgIpc) is 2.74. The predicted molar refractivity (Wildman–Crippen MR) is 121 cm³/mol. The van der Waals surface area contributed by atoms with Crippen LogP contribution in [0.2, 0.25) is 0 Å². The minimum Gasteiger partial charge on any atom is -0.367 e. The summed E-state index contributed by atoms with van der Waals surface area (Å²) in [6.45, 7) is 8.95. The van der Waals surface area contributed by atoms with E-state index in [0.717, 1.165) is 49.6 Å². The smallest absolute Gasteiger partial charge is 0.254 e. The zero-order chi connectivity index (χ0) is 21.1. The number of likely N-dealkylation sites (tertiary alicyclic amines) is 1.